The maximum atomic E-state index is 10.7. The van der Waals surface area contributed by atoms with E-state index in [2.05, 4.69) is 0 Å². The van der Waals surface area contributed by atoms with Gasteiger partial charge in [-0.1, -0.05) is 0 Å². The lowest BCUT2D eigenvalue weighted by atomic mass is 9.95. The molecule has 3 nitrogen and oxygen atoms in total. The molecule has 0 bridgehead atoms. The van der Waals surface area contributed by atoms with Crippen molar-refractivity contribution >= 4 is 17.3 Å². The second kappa shape index (κ2) is 4.01. The number of rotatable bonds is 4. The Labute approximate surface area is 65.8 Å². The van der Waals surface area contributed by atoms with Crippen molar-refractivity contribution in [3.8, 4) is 0 Å². The summed E-state index contributed by atoms with van der Waals surface area (Å²) in [6.45, 7) is 4.03. The predicted octanol–water partition coefficient (Wildman–Crippen LogP) is 0.760. The minimum Gasteiger partial charge on any atom is -0.300 e. The van der Waals surface area contributed by atoms with Gasteiger partial charge in [0.2, 0.25) is 0 Å². The van der Waals surface area contributed by atoms with E-state index in [1.807, 2.05) is 0 Å². The molecule has 0 N–H and O–H groups in total. The summed E-state index contributed by atoms with van der Waals surface area (Å²) in [4.78, 5) is 32.1. The molecule has 0 atom stereocenters. The third-order valence-corrected chi connectivity index (χ3v) is 1.47. The quantitative estimate of drug-likeness (QED) is 0.564. The molecule has 3 heteroatoms. The number of hydrogen-bond acceptors (Lipinski definition) is 3. The molecule has 0 aromatic carbocycles. The summed E-state index contributed by atoms with van der Waals surface area (Å²) in [5.41, 5.74) is 0. The van der Waals surface area contributed by atoms with Crippen LogP contribution in [0.2, 0.25) is 0 Å². The first kappa shape index (κ1) is 10.0. The maximum Gasteiger partial charge on any atom is 0.140 e. The monoisotopic (exact) mass is 156 g/mol. The van der Waals surface area contributed by atoms with Crippen LogP contribution in [0.25, 0.3) is 0 Å². The van der Waals surface area contributed by atoms with Gasteiger partial charge in [-0.15, -0.1) is 0 Å². The zero-order valence-corrected chi connectivity index (χ0v) is 7.01. The zero-order valence-electron chi connectivity index (χ0n) is 7.01. The van der Waals surface area contributed by atoms with Crippen LogP contribution in [-0.2, 0) is 14.4 Å². The molecule has 0 aromatic heterocycles. The summed E-state index contributed by atoms with van der Waals surface area (Å²) in [6, 6.07) is 0. The minimum absolute atomic E-state index is 0.0463. The molecule has 0 heterocycles. The summed E-state index contributed by atoms with van der Waals surface area (Å²) >= 11 is 0. The van der Waals surface area contributed by atoms with Crippen LogP contribution in [-0.4, -0.2) is 17.3 Å². The second-order valence-corrected chi connectivity index (χ2v) is 2.68. The maximum absolute atomic E-state index is 10.7. The normalized spacial score (nSPS) is 9.82. The van der Waals surface area contributed by atoms with Crippen LogP contribution in [0, 0.1) is 5.92 Å². The van der Waals surface area contributed by atoms with Crippen molar-refractivity contribution < 1.29 is 14.4 Å². The minimum atomic E-state index is -0.715. The van der Waals surface area contributed by atoms with Crippen LogP contribution in [0.5, 0.6) is 0 Å². The lowest BCUT2D eigenvalue weighted by molar-refractivity contribution is -0.134. The molecule has 0 aliphatic carbocycles. The van der Waals surface area contributed by atoms with Gasteiger partial charge in [0.25, 0.3) is 0 Å². The average molecular weight is 156 g/mol. The second-order valence-electron chi connectivity index (χ2n) is 2.68. The van der Waals surface area contributed by atoms with Gasteiger partial charge in [0, 0.05) is 6.42 Å². The molecule has 0 aromatic rings. The third kappa shape index (κ3) is 3.65. The molecule has 0 unspecified atom stereocenters. The summed E-state index contributed by atoms with van der Waals surface area (Å²) in [5, 5.41) is 0. The largest absolute Gasteiger partial charge is 0.300 e. The van der Waals surface area contributed by atoms with Crippen molar-refractivity contribution in [2.75, 3.05) is 0 Å². The lowest BCUT2D eigenvalue weighted by Gasteiger charge is -2.05. The van der Waals surface area contributed by atoms with E-state index in [4.69, 9.17) is 0 Å². The highest BCUT2D eigenvalue weighted by molar-refractivity contribution is 6.03. The molecule has 0 radical (unpaired) electrons. The van der Waals surface area contributed by atoms with Gasteiger partial charge in [0.05, 0.1) is 5.92 Å². The zero-order chi connectivity index (χ0) is 9.02. The molecule has 0 saturated carbocycles. The highest BCUT2D eigenvalue weighted by Crippen LogP contribution is 2.06. The topological polar surface area (TPSA) is 51.2 Å². The van der Waals surface area contributed by atoms with Crippen molar-refractivity contribution in [1.82, 2.24) is 0 Å². The molecule has 0 amide bonds. The molecule has 0 aliphatic rings. The Kier molecular flexibility index (Phi) is 3.65. The molecule has 11 heavy (non-hydrogen) atoms. The van der Waals surface area contributed by atoms with Gasteiger partial charge in [0.1, 0.15) is 17.3 Å². The Bertz CT molecular complexity index is 180. The van der Waals surface area contributed by atoms with Gasteiger partial charge in [-0.25, -0.2) is 0 Å². The van der Waals surface area contributed by atoms with Crippen molar-refractivity contribution in [3.05, 3.63) is 0 Å². The Morgan fingerprint density at radius 3 is 1.45 bits per heavy atom. The average Bonchev–Trinajstić information content (AvgIpc) is 1.81. The van der Waals surface area contributed by atoms with Crippen LogP contribution >= 0.6 is 0 Å². The van der Waals surface area contributed by atoms with Gasteiger partial charge >= 0.3 is 0 Å². The van der Waals surface area contributed by atoms with Crippen LogP contribution in [0.15, 0.2) is 0 Å². The van der Waals surface area contributed by atoms with Crippen molar-refractivity contribution in [3.63, 3.8) is 0 Å². The lowest BCUT2D eigenvalue weighted by Crippen LogP contribution is -2.21. The fraction of sp³-hybridized carbons (Fsp3) is 0.625. The van der Waals surface area contributed by atoms with Crippen LogP contribution in [0.1, 0.15) is 27.2 Å². The number of ketones is 3. The summed E-state index contributed by atoms with van der Waals surface area (Å²) < 4.78 is 0. The summed E-state index contributed by atoms with van der Waals surface area (Å²) in [5.74, 6) is -1.30. The molecule has 0 rings (SSSR count). The Hall–Kier alpha value is -0.990. The first-order valence-electron chi connectivity index (χ1n) is 3.45. The first-order chi connectivity index (χ1) is 4.95. The predicted molar refractivity (Wildman–Crippen MR) is 40.2 cm³/mol. The fourth-order valence-electron chi connectivity index (χ4n) is 0.861. The molecule has 0 spiro atoms. The fourth-order valence-corrected chi connectivity index (χ4v) is 0.861. The van der Waals surface area contributed by atoms with Gasteiger partial charge in [-0.3, -0.25) is 14.4 Å². The smallest absolute Gasteiger partial charge is 0.140 e. The Morgan fingerprint density at radius 2 is 1.36 bits per heavy atom. The number of hydrogen-bond donors (Lipinski definition) is 0. The van der Waals surface area contributed by atoms with E-state index in [0.29, 0.717) is 0 Å². The van der Waals surface area contributed by atoms with E-state index in [0.717, 1.165) is 0 Å². The van der Waals surface area contributed by atoms with E-state index < -0.39 is 5.92 Å². The standard InChI is InChI=1S/C8H12O3/c1-5(9)4-8(6(2)10)7(3)11/h8H,4H2,1-3H3. The highest BCUT2D eigenvalue weighted by Gasteiger charge is 2.20. The van der Waals surface area contributed by atoms with Crippen LogP contribution in [0.4, 0.5) is 0 Å². The summed E-state index contributed by atoms with van der Waals surface area (Å²) in [6.07, 6.45) is 0.0463. The highest BCUT2D eigenvalue weighted by atomic mass is 16.2. The van der Waals surface area contributed by atoms with Crippen molar-refractivity contribution in [2.24, 2.45) is 5.92 Å². The van der Waals surface area contributed by atoms with Crippen molar-refractivity contribution in [1.29, 1.82) is 0 Å². The molecule has 0 fully saturated rings. The van der Waals surface area contributed by atoms with E-state index in [9.17, 15) is 14.4 Å². The van der Waals surface area contributed by atoms with E-state index in [1.165, 1.54) is 20.8 Å². The van der Waals surface area contributed by atoms with E-state index in [-0.39, 0.29) is 23.8 Å². The third-order valence-electron chi connectivity index (χ3n) is 1.47. The number of carbonyl (C=O) groups is 3. The van der Waals surface area contributed by atoms with Gasteiger partial charge in [-0.2, -0.15) is 0 Å². The number of Topliss-reactive ketones (excluding diaryl/α,β-unsaturated/α-hetero) is 3. The van der Waals surface area contributed by atoms with Gasteiger partial charge in [-0.05, 0) is 20.8 Å². The SMILES string of the molecule is CC(=O)CC(C(C)=O)C(C)=O. The first-order valence-corrected chi connectivity index (χ1v) is 3.45. The molecular formula is C8H12O3. The van der Waals surface area contributed by atoms with E-state index in [1.54, 1.807) is 0 Å². The van der Waals surface area contributed by atoms with Crippen LogP contribution < -0.4 is 0 Å². The molecule has 62 valence electrons. The molecule has 0 saturated heterocycles. The van der Waals surface area contributed by atoms with E-state index >= 15 is 0 Å². The van der Waals surface area contributed by atoms with Gasteiger partial charge in [0.15, 0.2) is 0 Å². The Balaban J connectivity index is 4.23. The van der Waals surface area contributed by atoms with Crippen molar-refractivity contribution in [2.45, 2.75) is 27.2 Å². The molecular weight excluding hydrogens is 144 g/mol. The Morgan fingerprint density at radius 1 is 1.00 bits per heavy atom. The molecule has 0 aliphatic heterocycles. The van der Waals surface area contributed by atoms with Gasteiger partial charge < -0.3 is 0 Å². The number of carbonyl (C=O) groups excluding carboxylic acids is 3. The summed E-state index contributed by atoms with van der Waals surface area (Å²) in [7, 11) is 0. The van der Waals surface area contributed by atoms with Crippen LogP contribution in [0.3, 0.4) is 0 Å².